The third kappa shape index (κ3) is 8.74. The van der Waals surface area contributed by atoms with Gasteiger partial charge in [0, 0.05) is 37.7 Å². The molecule has 0 radical (unpaired) electrons. The van der Waals surface area contributed by atoms with E-state index >= 15 is 9.59 Å². The number of esters is 5. The predicted octanol–water partition coefficient (Wildman–Crippen LogP) is 4.27. The monoisotopic (exact) mass is 937 g/mol. The molecule has 0 aromatic heterocycles. The zero-order valence-electron chi connectivity index (χ0n) is 38.7. The van der Waals surface area contributed by atoms with Crippen LogP contribution in [0, 0.1) is 16.7 Å². The molecule has 2 unspecified atom stereocenters. The van der Waals surface area contributed by atoms with Gasteiger partial charge in [0.1, 0.15) is 42.2 Å². The molecule has 4 aliphatic rings. The average molecular weight is 938 g/mol. The van der Waals surface area contributed by atoms with Crippen LogP contribution in [0.2, 0.25) is 0 Å². The summed E-state index contributed by atoms with van der Waals surface area (Å²) in [6.07, 6.45) is -11.7. The van der Waals surface area contributed by atoms with Crippen molar-refractivity contribution in [3.8, 4) is 0 Å². The molecule has 2 saturated carbocycles. The van der Waals surface area contributed by atoms with E-state index in [4.69, 9.17) is 28.4 Å². The molecule has 1 aliphatic heterocycles. The first-order chi connectivity index (χ1) is 32.1. The zero-order valence-corrected chi connectivity index (χ0v) is 38.7. The number of ketones is 2. The number of ether oxygens (including phenoxy) is 6. The number of carbonyl (C=O) groups is 8. The van der Waals surface area contributed by atoms with E-state index in [-0.39, 0.29) is 40.9 Å². The average Bonchev–Trinajstić information content (AvgIpc) is 3.28. The fraction of sp³-hybridized carbons (Fsp3) is 0.451. The topological polar surface area (TPSA) is 244 Å². The van der Waals surface area contributed by atoms with Crippen LogP contribution in [0.3, 0.4) is 0 Å². The molecule has 3 N–H and O–H groups in total. The number of aliphatic hydroxyl groups excluding tert-OH is 1. The molecule has 0 spiro atoms. The molecular weight excluding hydrogens is 883 g/mol. The highest BCUT2D eigenvalue weighted by atomic mass is 16.6. The van der Waals surface area contributed by atoms with E-state index < -0.39 is 131 Å². The van der Waals surface area contributed by atoms with Gasteiger partial charge in [-0.05, 0) is 61.7 Å². The van der Waals surface area contributed by atoms with Crippen molar-refractivity contribution in [2.45, 2.75) is 122 Å². The lowest BCUT2D eigenvalue weighted by atomic mass is 9.44. The van der Waals surface area contributed by atoms with Gasteiger partial charge in [-0.25, -0.2) is 9.59 Å². The van der Waals surface area contributed by atoms with Gasteiger partial charge in [-0.1, -0.05) is 80.6 Å². The van der Waals surface area contributed by atoms with Crippen LogP contribution in [-0.2, 0) is 57.2 Å². The Morgan fingerprint density at radius 3 is 1.94 bits per heavy atom. The molecule has 1 amide bonds. The Kier molecular flexibility index (Phi) is 13.7. The molecule has 1 saturated heterocycles. The third-order valence-corrected chi connectivity index (χ3v) is 14.1. The highest BCUT2D eigenvalue weighted by Crippen LogP contribution is 2.64. The summed E-state index contributed by atoms with van der Waals surface area (Å²) < 4.78 is 36.3. The minimum Gasteiger partial charge on any atom is -0.455 e. The molecule has 3 aromatic carbocycles. The molecule has 2 bridgehead atoms. The second-order valence-corrected chi connectivity index (χ2v) is 18.7. The number of carbonyl (C=O) groups excluding carboxylic acids is 8. The minimum atomic E-state index is -2.48. The number of benzene rings is 3. The Labute approximate surface area is 392 Å². The molecule has 11 atom stereocenters. The minimum absolute atomic E-state index is 0.0338. The number of aliphatic hydroxyl groups is 2. The van der Waals surface area contributed by atoms with E-state index in [1.807, 2.05) is 0 Å². The highest BCUT2D eigenvalue weighted by Gasteiger charge is 2.78. The summed E-state index contributed by atoms with van der Waals surface area (Å²) >= 11 is 0. The van der Waals surface area contributed by atoms with E-state index in [0.717, 1.165) is 20.8 Å². The molecule has 7 rings (SSSR count). The Bertz CT molecular complexity index is 2530. The van der Waals surface area contributed by atoms with Crippen molar-refractivity contribution in [2.75, 3.05) is 6.61 Å². The number of amides is 1. The van der Waals surface area contributed by atoms with E-state index in [1.165, 1.54) is 52.0 Å². The number of fused-ring (bicyclic) bond motifs is 5. The number of hydrogen-bond acceptors (Lipinski definition) is 16. The van der Waals surface area contributed by atoms with E-state index in [0.29, 0.717) is 0 Å². The summed E-state index contributed by atoms with van der Waals surface area (Å²) in [6.45, 7) is 8.91. The molecule has 68 heavy (non-hydrogen) atoms. The van der Waals surface area contributed by atoms with Gasteiger partial charge >= 0.3 is 29.8 Å². The molecule has 3 aliphatic carbocycles. The van der Waals surface area contributed by atoms with Crippen LogP contribution in [0.5, 0.6) is 0 Å². The van der Waals surface area contributed by atoms with Crippen molar-refractivity contribution in [1.29, 1.82) is 0 Å². The first-order valence-electron chi connectivity index (χ1n) is 22.3. The Morgan fingerprint density at radius 2 is 1.40 bits per heavy atom. The summed E-state index contributed by atoms with van der Waals surface area (Å²) in [7, 11) is 0. The third-order valence-electron chi connectivity index (χ3n) is 14.1. The van der Waals surface area contributed by atoms with Crippen molar-refractivity contribution in [2.24, 2.45) is 16.7 Å². The predicted molar refractivity (Wildman–Crippen MR) is 237 cm³/mol. The van der Waals surface area contributed by atoms with Gasteiger partial charge < -0.3 is 44.0 Å². The maximum Gasteiger partial charge on any atom is 0.350 e. The van der Waals surface area contributed by atoms with Crippen LogP contribution in [-0.4, -0.2) is 112 Å². The van der Waals surface area contributed by atoms with Crippen molar-refractivity contribution in [3.05, 3.63) is 119 Å². The van der Waals surface area contributed by atoms with Gasteiger partial charge in [0.2, 0.25) is 6.10 Å². The van der Waals surface area contributed by atoms with Crippen LogP contribution < -0.4 is 5.32 Å². The van der Waals surface area contributed by atoms with Gasteiger partial charge in [0.05, 0.1) is 29.6 Å². The van der Waals surface area contributed by atoms with Crippen molar-refractivity contribution >= 4 is 47.3 Å². The molecule has 360 valence electrons. The number of nitrogens with one attached hydrogen (secondary N) is 1. The smallest absolute Gasteiger partial charge is 0.350 e. The van der Waals surface area contributed by atoms with E-state index in [2.05, 4.69) is 5.32 Å². The standard InChI is InChI=1S/C51H55NO16/c1-27(53)23-37(57)66-41(39(31-17-11-8-12-18-31)52-45(59)32-19-13-9-14-20-32)47(61)65-34-25-51(62)44(67-46(60)33-21-15-10-16-22-33)42-49(7,35(56)24-36-50(42,26-63-36)68-30(4)55)43(58)40(64-29(3)54)38(28(34)2)48(51,5)6/h8-22,34-36,39-42,44,56,62H,23-26H2,1-7H3,(H,52,59)/t34-,35-,36+,39-,40+,41+,42?,44?,49+,50-,51+/m0/s1. The van der Waals surface area contributed by atoms with Crippen LogP contribution >= 0.6 is 0 Å². The first kappa shape index (κ1) is 49.3. The molecule has 17 nitrogen and oxygen atoms in total. The summed E-state index contributed by atoms with van der Waals surface area (Å²) in [4.78, 5) is 111. The largest absolute Gasteiger partial charge is 0.455 e. The van der Waals surface area contributed by atoms with Gasteiger partial charge in [-0.3, -0.25) is 28.8 Å². The van der Waals surface area contributed by atoms with Gasteiger partial charge in [0.15, 0.2) is 17.5 Å². The quantitative estimate of drug-likeness (QED) is 0.0938. The second kappa shape index (κ2) is 18.8. The summed E-state index contributed by atoms with van der Waals surface area (Å²) in [6, 6.07) is 22.4. The van der Waals surface area contributed by atoms with Gasteiger partial charge in [-0.15, -0.1) is 0 Å². The van der Waals surface area contributed by atoms with Crippen LogP contribution in [0.1, 0.15) is 100 Å². The highest BCUT2D eigenvalue weighted by molar-refractivity contribution is 5.97. The summed E-state index contributed by atoms with van der Waals surface area (Å²) in [5.41, 5.74) is -7.60. The maximum atomic E-state index is 15.6. The molecule has 3 fully saturated rings. The molecular formula is C51H55NO16. The summed E-state index contributed by atoms with van der Waals surface area (Å²) in [5, 5.41) is 28.8. The van der Waals surface area contributed by atoms with Crippen molar-refractivity contribution < 1.29 is 77.0 Å². The number of Topliss-reactive ketones (excluding diaryl/α,β-unsaturated/α-hetero) is 2. The first-order valence-corrected chi connectivity index (χ1v) is 22.3. The summed E-state index contributed by atoms with van der Waals surface area (Å²) in [5.74, 6) is -8.90. The van der Waals surface area contributed by atoms with E-state index in [1.54, 1.807) is 66.7 Å². The molecule has 1 heterocycles. The van der Waals surface area contributed by atoms with Crippen LogP contribution in [0.4, 0.5) is 0 Å². The lowest BCUT2D eigenvalue weighted by Gasteiger charge is -2.67. The Morgan fingerprint density at radius 1 is 0.809 bits per heavy atom. The zero-order chi connectivity index (χ0) is 49.5. The Hall–Kier alpha value is -6.56. The SMILES string of the molecule is CC(=O)CC(=O)O[C@@H](C(=O)O[C@H]1C[C@@]2(O)C(OC(=O)c3ccccc3)C3[C@](C)(C(=O)[C@H](OC(C)=O)C(=C1C)C2(C)C)[C@@H](O)C[C@H]1OC[C@@]31OC(C)=O)[C@@H](NC(=O)c1ccccc1)c1ccccc1. The molecule has 3 aromatic rings. The maximum absolute atomic E-state index is 15.6. The van der Waals surface area contributed by atoms with Crippen molar-refractivity contribution in [1.82, 2.24) is 5.32 Å². The van der Waals surface area contributed by atoms with Crippen molar-refractivity contribution in [3.63, 3.8) is 0 Å². The lowest BCUT2D eigenvalue weighted by Crippen LogP contribution is -2.82. The van der Waals surface area contributed by atoms with E-state index in [9.17, 15) is 39.0 Å². The molecule has 17 heteroatoms. The fourth-order valence-corrected chi connectivity index (χ4v) is 10.7. The van der Waals surface area contributed by atoms with Gasteiger partial charge in [0.25, 0.3) is 5.91 Å². The second-order valence-electron chi connectivity index (χ2n) is 18.7. The normalized spacial score (nSPS) is 29.9. The lowest BCUT2D eigenvalue weighted by molar-refractivity contribution is -0.346. The van der Waals surface area contributed by atoms with Crippen LogP contribution in [0.25, 0.3) is 0 Å². The fourth-order valence-electron chi connectivity index (χ4n) is 10.7. The number of rotatable bonds is 13. The Balaban J connectivity index is 1.43. The van der Waals surface area contributed by atoms with Crippen LogP contribution in [0.15, 0.2) is 102 Å². The number of hydrogen-bond donors (Lipinski definition) is 3. The van der Waals surface area contributed by atoms with Gasteiger partial charge in [-0.2, -0.15) is 0 Å².